The number of halogens is 1. The number of nitrogens with two attached hydrogens (primary N) is 1. The van der Waals surface area contributed by atoms with Crippen molar-refractivity contribution in [2.45, 2.75) is 12.5 Å². The van der Waals surface area contributed by atoms with Gasteiger partial charge in [0.1, 0.15) is 5.75 Å². The number of aromatic hydroxyl groups is 1. The van der Waals surface area contributed by atoms with Gasteiger partial charge in [0.2, 0.25) is 0 Å². The van der Waals surface area contributed by atoms with Crippen molar-refractivity contribution >= 4 is 17.6 Å². The minimum absolute atomic E-state index is 0.0775. The van der Waals surface area contributed by atoms with E-state index in [-0.39, 0.29) is 12.2 Å². The van der Waals surface area contributed by atoms with E-state index in [1.54, 1.807) is 6.07 Å². The number of aliphatic carboxylic acids is 1. The van der Waals surface area contributed by atoms with E-state index in [9.17, 15) is 9.90 Å². The summed E-state index contributed by atoms with van der Waals surface area (Å²) < 4.78 is 0. The molecule has 4 N–H and O–H groups in total. The Morgan fingerprint density at radius 1 is 1.57 bits per heavy atom. The van der Waals surface area contributed by atoms with Gasteiger partial charge in [0.25, 0.3) is 0 Å². The number of rotatable bonds is 3. The monoisotopic (exact) mass is 215 g/mol. The van der Waals surface area contributed by atoms with E-state index in [4.69, 9.17) is 22.4 Å². The molecular weight excluding hydrogens is 206 g/mol. The SMILES string of the molecule is NC(CC(=O)O)c1ccc(Cl)cc1O. The normalized spacial score (nSPS) is 12.4. The van der Waals surface area contributed by atoms with Gasteiger partial charge in [-0.15, -0.1) is 0 Å². The van der Waals surface area contributed by atoms with Crippen LogP contribution in [-0.2, 0) is 4.79 Å². The summed E-state index contributed by atoms with van der Waals surface area (Å²) in [6.07, 6.45) is -0.227. The fraction of sp³-hybridized carbons (Fsp3) is 0.222. The van der Waals surface area contributed by atoms with Crippen LogP contribution in [0.5, 0.6) is 5.75 Å². The molecule has 0 amide bonds. The quantitative estimate of drug-likeness (QED) is 0.714. The molecular formula is C9H10ClNO3. The molecule has 0 aliphatic heterocycles. The Kier molecular flexibility index (Phi) is 3.33. The zero-order chi connectivity index (χ0) is 10.7. The second-order valence-electron chi connectivity index (χ2n) is 2.91. The van der Waals surface area contributed by atoms with Crippen molar-refractivity contribution < 1.29 is 15.0 Å². The van der Waals surface area contributed by atoms with Gasteiger partial charge in [0.15, 0.2) is 0 Å². The summed E-state index contributed by atoms with van der Waals surface area (Å²) in [7, 11) is 0. The molecule has 4 nitrogen and oxygen atoms in total. The number of carboxylic acids is 1. The molecule has 0 radical (unpaired) electrons. The standard InChI is InChI=1S/C9H10ClNO3/c10-5-1-2-6(8(12)3-5)7(11)4-9(13)14/h1-3,7,12H,4,11H2,(H,13,14). The lowest BCUT2D eigenvalue weighted by Crippen LogP contribution is -2.15. The van der Waals surface area contributed by atoms with E-state index in [2.05, 4.69) is 0 Å². The molecule has 0 spiro atoms. The van der Waals surface area contributed by atoms with Crippen LogP contribution in [0.1, 0.15) is 18.0 Å². The van der Waals surface area contributed by atoms with Gasteiger partial charge in [-0.05, 0) is 12.1 Å². The first-order valence-corrected chi connectivity index (χ1v) is 4.34. The number of carbonyl (C=O) groups is 1. The van der Waals surface area contributed by atoms with Crippen molar-refractivity contribution in [3.05, 3.63) is 28.8 Å². The first kappa shape index (κ1) is 10.8. The third kappa shape index (κ3) is 2.61. The summed E-state index contributed by atoms with van der Waals surface area (Å²) in [4.78, 5) is 10.4. The van der Waals surface area contributed by atoms with Gasteiger partial charge < -0.3 is 15.9 Å². The summed E-state index contributed by atoms with van der Waals surface area (Å²) in [5, 5.41) is 18.3. The molecule has 0 aliphatic rings. The first-order chi connectivity index (χ1) is 6.50. The lowest BCUT2D eigenvalue weighted by molar-refractivity contribution is -0.137. The number of phenolic OH excluding ortho intramolecular Hbond substituents is 1. The zero-order valence-corrected chi connectivity index (χ0v) is 8.03. The van der Waals surface area contributed by atoms with Crippen LogP contribution in [0, 0.1) is 0 Å². The van der Waals surface area contributed by atoms with Crippen LogP contribution in [-0.4, -0.2) is 16.2 Å². The highest BCUT2D eigenvalue weighted by Crippen LogP contribution is 2.27. The highest BCUT2D eigenvalue weighted by atomic mass is 35.5. The molecule has 0 aliphatic carbocycles. The average Bonchev–Trinajstić information content (AvgIpc) is 2.01. The molecule has 1 aromatic rings. The van der Waals surface area contributed by atoms with Crippen molar-refractivity contribution in [1.29, 1.82) is 0 Å². The molecule has 1 atom stereocenters. The summed E-state index contributed by atoms with van der Waals surface area (Å²) in [5.41, 5.74) is 5.95. The van der Waals surface area contributed by atoms with E-state index < -0.39 is 12.0 Å². The highest BCUT2D eigenvalue weighted by molar-refractivity contribution is 6.30. The molecule has 14 heavy (non-hydrogen) atoms. The Bertz CT molecular complexity index is 354. The topological polar surface area (TPSA) is 83.6 Å². The van der Waals surface area contributed by atoms with Gasteiger partial charge >= 0.3 is 5.97 Å². The van der Waals surface area contributed by atoms with Crippen LogP contribution in [0.15, 0.2) is 18.2 Å². The van der Waals surface area contributed by atoms with Crippen molar-refractivity contribution in [2.24, 2.45) is 5.73 Å². The number of carboxylic acid groups (broad SMARTS) is 1. The van der Waals surface area contributed by atoms with E-state index in [1.807, 2.05) is 0 Å². The van der Waals surface area contributed by atoms with Crippen LogP contribution >= 0.6 is 11.6 Å². The van der Waals surface area contributed by atoms with Gasteiger partial charge in [0.05, 0.1) is 6.42 Å². The Hall–Kier alpha value is -1.26. The molecule has 76 valence electrons. The highest BCUT2D eigenvalue weighted by Gasteiger charge is 2.14. The van der Waals surface area contributed by atoms with Gasteiger partial charge in [-0.3, -0.25) is 4.79 Å². The third-order valence-electron chi connectivity index (χ3n) is 1.79. The maximum absolute atomic E-state index is 10.4. The number of hydrogen-bond acceptors (Lipinski definition) is 3. The molecule has 0 saturated heterocycles. The molecule has 0 heterocycles. The molecule has 1 aromatic carbocycles. The second kappa shape index (κ2) is 4.30. The fourth-order valence-corrected chi connectivity index (χ4v) is 1.29. The Morgan fingerprint density at radius 2 is 2.21 bits per heavy atom. The molecule has 1 rings (SSSR count). The fourth-order valence-electron chi connectivity index (χ4n) is 1.13. The molecule has 0 saturated carbocycles. The summed E-state index contributed by atoms with van der Waals surface area (Å²) >= 11 is 5.61. The van der Waals surface area contributed by atoms with Gasteiger partial charge in [0, 0.05) is 16.6 Å². The molecule has 0 aromatic heterocycles. The number of benzene rings is 1. The molecule has 0 fully saturated rings. The summed E-state index contributed by atoms with van der Waals surface area (Å²) in [6, 6.07) is 3.69. The smallest absolute Gasteiger partial charge is 0.305 e. The average molecular weight is 216 g/mol. The van der Waals surface area contributed by atoms with Crippen molar-refractivity contribution in [3.8, 4) is 5.75 Å². The van der Waals surface area contributed by atoms with Gasteiger partial charge in [-0.1, -0.05) is 17.7 Å². The van der Waals surface area contributed by atoms with Crippen LogP contribution in [0.3, 0.4) is 0 Å². The van der Waals surface area contributed by atoms with E-state index in [0.29, 0.717) is 10.6 Å². The molecule has 5 heteroatoms. The minimum Gasteiger partial charge on any atom is -0.508 e. The van der Waals surface area contributed by atoms with Crippen molar-refractivity contribution in [2.75, 3.05) is 0 Å². The minimum atomic E-state index is -1.01. The maximum Gasteiger partial charge on any atom is 0.305 e. The lowest BCUT2D eigenvalue weighted by atomic mass is 10.0. The van der Waals surface area contributed by atoms with Crippen LogP contribution in [0.4, 0.5) is 0 Å². The van der Waals surface area contributed by atoms with E-state index >= 15 is 0 Å². The van der Waals surface area contributed by atoms with Gasteiger partial charge in [-0.25, -0.2) is 0 Å². The number of phenols is 1. The largest absolute Gasteiger partial charge is 0.508 e. The Morgan fingerprint density at radius 3 is 2.71 bits per heavy atom. The Labute approximate surface area is 85.9 Å². The first-order valence-electron chi connectivity index (χ1n) is 3.96. The molecule has 1 unspecified atom stereocenters. The number of hydrogen-bond donors (Lipinski definition) is 3. The second-order valence-corrected chi connectivity index (χ2v) is 3.34. The van der Waals surface area contributed by atoms with E-state index in [0.717, 1.165) is 0 Å². The third-order valence-corrected chi connectivity index (χ3v) is 2.02. The van der Waals surface area contributed by atoms with Crippen LogP contribution in [0.2, 0.25) is 5.02 Å². The predicted octanol–water partition coefficient (Wildman–Crippen LogP) is 1.52. The van der Waals surface area contributed by atoms with Crippen molar-refractivity contribution in [1.82, 2.24) is 0 Å². The van der Waals surface area contributed by atoms with E-state index in [1.165, 1.54) is 12.1 Å². The summed E-state index contributed by atoms with van der Waals surface area (Å²) in [5.74, 6) is -1.09. The van der Waals surface area contributed by atoms with Crippen LogP contribution < -0.4 is 5.73 Å². The predicted molar refractivity (Wildman–Crippen MR) is 52.3 cm³/mol. The van der Waals surface area contributed by atoms with Crippen LogP contribution in [0.25, 0.3) is 0 Å². The van der Waals surface area contributed by atoms with Crippen molar-refractivity contribution in [3.63, 3.8) is 0 Å². The lowest BCUT2D eigenvalue weighted by Gasteiger charge is -2.11. The zero-order valence-electron chi connectivity index (χ0n) is 7.27. The molecule has 0 bridgehead atoms. The summed E-state index contributed by atoms with van der Waals surface area (Å²) in [6.45, 7) is 0. The maximum atomic E-state index is 10.4. The van der Waals surface area contributed by atoms with Gasteiger partial charge in [-0.2, -0.15) is 0 Å². The Balaban J connectivity index is 2.90.